The topological polar surface area (TPSA) is 64.3 Å². The van der Waals surface area contributed by atoms with E-state index in [-0.39, 0.29) is 5.91 Å². The van der Waals surface area contributed by atoms with Crippen LogP contribution < -0.4 is 11.1 Å². The van der Waals surface area contributed by atoms with Crippen LogP contribution in [0.3, 0.4) is 0 Å². The summed E-state index contributed by atoms with van der Waals surface area (Å²) < 4.78 is 5.46. The predicted octanol–water partition coefficient (Wildman–Crippen LogP) is 3.19. The molecule has 0 heterocycles. The molecule has 0 saturated heterocycles. The number of ether oxygens (including phenoxy) is 1. The quantitative estimate of drug-likeness (QED) is 0.532. The highest BCUT2D eigenvalue weighted by molar-refractivity contribution is 5.93. The Kier molecular flexibility index (Phi) is 7.66. The molecular formula is C15H24N2O2. The number of hydrogen-bond donors (Lipinski definition) is 2. The summed E-state index contributed by atoms with van der Waals surface area (Å²) in [6.45, 7) is 3.60. The van der Waals surface area contributed by atoms with Gasteiger partial charge in [0.05, 0.1) is 11.4 Å². The molecule has 1 aromatic carbocycles. The highest BCUT2D eigenvalue weighted by Gasteiger charge is 2.04. The Morgan fingerprint density at radius 2 is 1.95 bits per heavy atom. The number of rotatable bonds is 9. The van der Waals surface area contributed by atoms with Gasteiger partial charge < -0.3 is 15.8 Å². The summed E-state index contributed by atoms with van der Waals surface area (Å²) in [6, 6.07) is 7.26. The maximum absolute atomic E-state index is 11.7. The molecule has 1 aromatic rings. The van der Waals surface area contributed by atoms with Gasteiger partial charge in [0.2, 0.25) is 5.91 Å². The van der Waals surface area contributed by atoms with Crippen LogP contribution in [0.25, 0.3) is 0 Å². The minimum Gasteiger partial charge on any atom is -0.397 e. The third kappa shape index (κ3) is 6.82. The second kappa shape index (κ2) is 9.39. The van der Waals surface area contributed by atoms with Crippen molar-refractivity contribution in [3.8, 4) is 0 Å². The molecule has 4 heteroatoms. The Bertz CT molecular complexity index is 380. The van der Waals surface area contributed by atoms with Crippen molar-refractivity contribution in [3.63, 3.8) is 0 Å². The van der Waals surface area contributed by atoms with Gasteiger partial charge in [-0.05, 0) is 25.0 Å². The molecule has 106 valence electrons. The van der Waals surface area contributed by atoms with E-state index in [4.69, 9.17) is 10.5 Å². The minimum atomic E-state index is -0.0185. The third-order valence-electron chi connectivity index (χ3n) is 2.82. The van der Waals surface area contributed by atoms with Crippen LogP contribution >= 0.6 is 0 Å². The largest absolute Gasteiger partial charge is 0.397 e. The Balaban J connectivity index is 2.10. The fraction of sp³-hybridized carbons (Fsp3) is 0.533. The van der Waals surface area contributed by atoms with E-state index in [9.17, 15) is 4.79 Å². The lowest BCUT2D eigenvalue weighted by Gasteiger charge is -2.08. The van der Waals surface area contributed by atoms with Gasteiger partial charge in [-0.1, -0.05) is 31.9 Å². The van der Waals surface area contributed by atoms with Crippen molar-refractivity contribution >= 4 is 17.3 Å². The molecule has 0 unspecified atom stereocenters. The lowest BCUT2D eigenvalue weighted by atomic mass is 10.2. The van der Waals surface area contributed by atoms with Gasteiger partial charge in [-0.3, -0.25) is 4.79 Å². The Hall–Kier alpha value is -1.55. The number of amides is 1. The molecule has 0 atom stereocenters. The zero-order valence-electron chi connectivity index (χ0n) is 11.7. The molecule has 4 nitrogen and oxygen atoms in total. The van der Waals surface area contributed by atoms with Crippen molar-refractivity contribution in [2.75, 3.05) is 24.3 Å². The summed E-state index contributed by atoms with van der Waals surface area (Å²) in [5, 5.41) is 2.80. The zero-order chi connectivity index (χ0) is 13.9. The van der Waals surface area contributed by atoms with Gasteiger partial charge in [-0.2, -0.15) is 0 Å². The summed E-state index contributed by atoms with van der Waals surface area (Å²) in [5.74, 6) is -0.0185. The van der Waals surface area contributed by atoms with E-state index in [1.165, 1.54) is 12.8 Å². The molecule has 1 rings (SSSR count). The summed E-state index contributed by atoms with van der Waals surface area (Å²) >= 11 is 0. The molecule has 0 bridgehead atoms. The number of benzene rings is 1. The van der Waals surface area contributed by atoms with E-state index >= 15 is 0 Å². The zero-order valence-corrected chi connectivity index (χ0v) is 11.7. The standard InChI is InChI=1S/C15H24N2O2/c1-2-3-6-11-19-12-7-10-15(18)17-14-9-5-4-8-13(14)16/h4-5,8-9H,2-3,6-7,10-12,16H2,1H3,(H,17,18). The Morgan fingerprint density at radius 3 is 2.68 bits per heavy atom. The second-order valence-electron chi connectivity index (χ2n) is 4.56. The van der Waals surface area contributed by atoms with Crippen LogP contribution in [0.4, 0.5) is 11.4 Å². The van der Waals surface area contributed by atoms with Gasteiger partial charge in [0, 0.05) is 19.6 Å². The van der Waals surface area contributed by atoms with E-state index in [2.05, 4.69) is 12.2 Å². The van der Waals surface area contributed by atoms with E-state index in [0.717, 1.165) is 19.4 Å². The molecule has 1 amide bonds. The normalized spacial score (nSPS) is 10.4. The summed E-state index contributed by atoms with van der Waals surface area (Å²) in [6.07, 6.45) is 4.70. The molecule has 0 fully saturated rings. The van der Waals surface area contributed by atoms with Gasteiger partial charge in [0.1, 0.15) is 0 Å². The molecule has 0 aliphatic rings. The fourth-order valence-corrected chi connectivity index (χ4v) is 1.71. The van der Waals surface area contributed by atoms with Crippen LogP contribution in [0.15, 0.2) is 24.3 Å². The van der Waals surface area contributed by atoms with Gasteiger partial charge in [0.15, 0.2) is 0 Å². The molecule has 0 aliphatic heterocycles. The van der Waals surface area contributed by atoms with Crippen LogP contribution in [0.5, 0.6) is 0 Å². The first-order valence-corrected chi connectivity index (χ1v) is 6.96. The number of carbonyl (C=O) groups excluding carboxylic acids is 1. The second-order valence-corrected chi connectivity index (χ2v) is 4.56. The van der Waals surface area contributed by atoms with E-state index in [1.54, 1.807) is 12.1 Å². The number of anilines is 2. The average Bonchev–Trinajstić information content (AvgIpc) is 2.40. The van der Waals surface area contributed by atoms with Crippen molar-refractivity contribution in [2.24, 2.45) is 0 Å². The van der Waals surface area contributed by atoms with Crippen molar-refractivity contribution in [2.45, 2.75) is 39.0 Å². The van der Waals surface area contributed by atoms with Crippen molar-refractivity contribution in [3.05, 3.63) is 24.3 Å². The van der Waals surface area contributed by atoms with Crippen LogP contribution in [0, 0.1) is 0 Å². The fourth-order valence-electron chi connectivity index (χ4n) is 1.71. The Labute approximate surface area is 115 Å². The number of unbranched alkanes of at least 4 members (excludes halogenated alkanes) is 2. The highest BCUT2D eigenvalue weighted by atomic mass is 16.5. The molecular weight excluding hydrogens is 240 g/mol. The summed E-state index contributed by atoms with van der Waals surface area (Å²) in [5.41, 5.74) is 7.02. The van der Waals surface area contributed by atoms with Gasteiger partial charge in [0.25, 0.3) is 0 Å². The predicted molar refractivity (Wildman–Crippen MR) is 79.1 cm³/mol. The third-order valence-corrected chi connectivity index (χ3v) is 2.82. The first-order chi connectivity index (χ1) is 9.24. The number of carbonyl (C=O) groups is 1. The number of hydrogen-bond acceptors (Lipinski definition) is 3. The molecule has 0 radical (unpaired) electrons. The summed E-state index contributed by atoms with van der Waals surface area (Å²) in [4.78, 5) is 11.7. The molecule has 0 spiro atoms. The van der Waals surface area contributed by atoms with Crippen molar-refractivity contribution < 1.29 is 9.53 Å². The minimum absolute atomic E-state index is 0.0185. The van der Waals surface area contributed by atoms with Crippen LogP contribution in [-0.4, -0.2) is 19.1 Å². The first kappa shape index (κ1) is 15.5. The van der Waals surface area contributed by atoms with E-state index in [1.807, 2.05) is 12.1 Å². The van der Waals surface area contributed by atoms with Crippen molar-refractivity contribution in [1.82, 2.24) is 0 Å². The monoisotopic (exact) mass is 264 g/mol. The number of nitrogens with two attached hydrogens (primary N) is 1. The van der Waals surface area contributed by atoms with Gasteiger partial charge in [-0.15, -0.1) is 0 Å². The maximum Gasteiger partial charge on any atom is 0.224 e. The highest BCUT2D eigenvalue weighted by Crippen LogP contribution is 2.16. The first-order valence-electron chi connectivity index (χ1n) is 6.96. The number of nitrogen functional groups attached to an aromatic ring is 1. The van der Waals surface area contributed by atoms with Crippen LogP contribution in [-0.2, 0) is 9.53 Å². The molecule has 0 aliphatic carbocycles. The van der Waals surface area contributed by atoms with Gasteiger partial charge >= 0.3 is 0 Å². The SMILES string of the molecule is CCCCCOCCCC(=O)Nc1ccccc1N. The van der Waals surface area contributed by atoms with E-state index in [0.29, 0.717) is 24.4 Å². The lowest BCUT2D eigenvalue weighted by Crippen LogP contribution is -2.13. The molecule has 0 aromatic heterocycles. The van der Waals surface area contributed by atoms with Gasteiger partial charge in [-0.25, -0.2) is 0 Å². The van der Waals surface area contributed by atoms with Crippen LogP contribution in [0.1, 0.15) is 39.0 Å². The molecule has 19 heavy (non-hydrogen) atoms. The van der Waals surface area contributed by atoms with Crippen molar-refractivity contribution in [1.29, 1.82) is 0 Å². The smallest absolute Gasteiger partial charge is 0.224 e. The lowest BCUT2D eigenvalue weighted by molar-refractivity contribution is -0.116. The molecule has 0 saturated carbocycles. The number of nitrogens with one attached hydrogen (secondary N) is 1. The maximum atomic E-state index is 11.7. The van der Waals surface area contributed by atoms with E-state index < -0.39 is 0 Å². The summed E-state index contributed by atoms with van der Waals surface area (Å²) in [7, 11) is 0. The average molecular weight is 264 g/mol. The Morgan fingerprint density at radius 1 is 1.21 bits per heavy atom. The van der Waals surface area contributed by atoms with Crippen LogP contribution in [0.2, 0.25) is 0 Å². The number of para-hydroxylation sites is 2. The molecule has 3 N–H and O–H groups in total.